The van der Waals surface area contributed by atoms with Gasteiger partial charge in [0.1, 0.15) is 6.04 Å². The fraction of sp³-hybridized carbons (Fsp3) is 0.529. The number of rotatable bonds is 5. The molecule has 0 saturated carbocycles. The van der Waals surface area contributed by atoms with Gasteiger partial charge in [0.2, 0.25) is 5.91 Å². The SMILES string of the molecule is CC1CN(Cc2cccc(CNC(=O)C3CNC(=O)N3)c2)CCO1. The Hall–Kier alpha value is -2.12. The second kappa shape index (κ2) is 7.63. The first-order valence-corrected chi connectivity index (χ1v) is 8.34. The van der Waals surface area contributed by atoms with Gasteiger partial charge in [-0.2, -0.15) is 0 Å². The van der Waals surface area contributed by atoms with Crippen molar-refractivity contribution in [2.45, 2.75) is 32.2 Å². The summed E-state index contributed by atoms with van der Waals surface area (Å²) in [6, 6.07) is 7.45. The Morgan fingerprint density at radius 1 is 1.42 bits per heavy atom. The second-order valence-electron chi connectivity index (χ2n) is 6.36. The van der Waals surface area contributed by atoms with E-state index in [1.54, 1.807) is 0 Å². The van der Waals surface area contributed by atoms with Crippen LogP contribution in [0.5, 0.6) is 0 Å². The van der Waals surface area contributed by atoms with Crippen molar-refractivity contribution >= 4 is 11.9 Å². The van der Waals surface area contributed by atoms with E-state index in [1.807, 2.05) is 12.1 Å². The molecule has 3 amide bonds. The largest absolute Gasteiger partial charge is 0.376 e. The van der Waals surface area contributed by atoms with Crippen molar-refractivity contribution in [3.05, 3.63) is 35.4 Å². The van der Waals surface area contributed by atoms with E-state index >= 15 is 0 Å². The highest BCUT2D eigenvalue weighted by Gasteiger charge is 2.26. The molecule has 130 valence electrons. The van der Waals surface area contributed by atoms with E-state index < -0.39 is 6.04 Å². The summed E-state index contributed by atoms with van der Waals surface area (Å²) in [5.74, 6) is -0.166. The van der Waals surface area contributed by atoms with Crippen molar-refractivity contribution in [2.24, 2.45) is 0 Å². The third-order valence-corrected chi connectivity index (χ3v) is 4.28. The number of hydrogen-bond donors (Lipinski definition) is 3. The summed E-state index contributed by atoms with van der Waals surface area (Å²) in [7, 11) is 0. The average Bonchev–Trinajstić information content (AvgIpc) is 3.00. The highest BCUT2D eigenvalue weighted by molar-refractivity contribution is 5.90. The molecule has 7 heteroatoms. The van der Waals surface area contributed by atoms with Gasteiger partial charge in [-0.3, -0.25) is 9.69 Å². The van der Waals surface area contributed by atoms with E-state index in [4.69, 9.17) is 4.74 Å². The summed E-state index contributed by atoms with van der Waals surface area (Å²) in [4.78, 5) is 25.5. The first kappa shape index (κ1) is 16.7. The Labute approximate surface area is 141 Å². The van der Waals surface area contributed by atoms with Crippen molar-refractivity contribution in [3.8, 4) is 0 Å². The molecule has 24 heavy (non-hydrogen) atoms. The second-order valence-corrected chi connectivity index (χ2v) is 6.36. The number of hydrogen-bond acceptors (Lipinski definition) is 4. The number of ether oxygens (including phenoxy) is 1. The predicted molar refractivity (Wildman–Crippen MR) is 89.3 cm³/mol. The van der Waals surface area contributed by atoms with E-state index in [9.17, 15) is 9.59 Å². The molecule has 0 radical (unpaired) electrons. The van der Waals surface area contributed by atoms with Gasteiger partial charge in [0, 0.05) is 32.7 Å². The Bertz CT molecular complexity index is 607. The van der Waals surface area contributed by atoms with Gasteiger partial charge in [0.05, 0.1) is 12.7 Å². The lowest BCUT2D eigenvalue weighted by Crippen LogP contribution is -2.42. The summed E-state index contributed by atoms with van der Waals surface area (Å²) in [6.07, 6.45) is 0.274. The number of urea groups is 1. The van der Waals surface area contributed by atoms with Crippen molar-refractivity contribution in [3.63, 3.8) is 0 Å². The summed E-state index contributed by atoms with van der Waals surface area (Å²) >= 11 is 0. The van der Waals surface area contributed by atoms with Crippen molar-refractivity contribution in [1.82, 2.24) is 20.9 Å². The molecule has 2 saturated heterocycles. The Balaban J connectivity index is 1.51. The van der Waals surface area contributed by atoms with Crippen molar-refractivity contribution in [2.75, 3.05) is 26.2 Å². The lowest BCUT2D eigenvalue weighted by molar-refractivity contribution is -0.122. The minimum Gasteiger partial charge on any atom is -0.376 e. The fourth-order valence-electron chi connectivity index (χ4n) is 3.06. The normalized spacial score (nSPS) is 24.3. The monoisotopic (exact) mass is 332 g/mol. The summed E-state index contributed by atoms with van der Waals surface area (Å²) in [6.45, 7) is 6.43. The zero-order valence-corrected chi connectivity index (χ0v) is 13.9. The van der Waals surface area contributed by atoms with Crippen molar-refractivity contribution in [1.29, 1.82) is 0 Å². The highest BCUT2D eigenvalue weighted by Crippen LogP contribution is 2.12. The van der Waals surface area contributed by atoms with Crippen LogP contribution in [0.25, 0.3) is 0 Å². The Morgan fingerprint density at radius 2 is 2.25 bits per heavy atom. The molecule has 0 spiro atoms. The van der Waals surface area contributed by atoms with Gasteiger partial charge in [0.25, 0.3) is 0 Å². The standard InChI is InChI=1S/C17H24N4O3/c1-12-10-21(5-6-24-12)11-14-4-2-3-13(7-14)8-18-16(22)15-9-19-17(23)20-15/h2-4,7,12,15H,5-6,8-11H2,1H3,(H,18,22)(H2,19,20,23). The molecule has 1 aromatic rings. The smallest absolute Gasteiger partial charge is 0.315 e. The summed E-state index contributed by atoms with van der Waals surface area (Å²) < 4.78 is 5.57. The van der Waals surface area contributed by atoms with Gasteiger partial charge in [-0.25, -0.2) is 4.79 Å². The van der Waals surface area contributed by atoms with Crippen LogP contribution >= 0.6 is 0 Å². The van der Waals surface area contributed by atoms with E-state index in [2.05, 4.69) is 39.9 Å². The highest BCUT2D eigenvalue weighted by atomic mass is 16.5. The average molecular weight is 332 g/mol. The lowest BCUT2D eigenvalue weighted by atomic mass is 10.1. The van der Waals surface area contributed by atoms with E-state index in [-0.39, 0.29) is 18.0 Å². The van der Waals surface area contributed by atoms with Gasteiger partial charge in [-0.1, -0.05) is 24.3 Å². The van der Waals surface area contributed by atoms with E-state index in [0.29, 0.717) is 13.1 Å². The zero-order valence-electron chi connectivity index (χ0n) is 13.9. The topological polar surface area (TPSA) is 82.7 Å². The third kappa shape index (κ3) is 4.46. The Kier molecular flexibility index (Phi) is 5.32. The van der Waals surface area contributed by atoms with Gasteiger partial charge < -0.3 is 20.7 Å². The first-order chi connectivity index (χ1) is 11.6. The number of morpholine rings is 1. The lowest BCUT2D eigenvalue weighted by Gasteiger charge is -2.31. The van der Waals surface area contributed by atoms with Crippen LogP contribution in [0.2, 0.25) is 0 Å². The first-order valence-electron chi connectivity index (χ1n) is 8.34. The van der Waals surface area contributed by atoms with Gasteiger partial charge in [-0.15, -0.1) is 0 Å². The molecule has 3 rings (SSSR count). The van der Waals surface area contributed by atoms with Crippen LogP contribution in [-0.2, 0) is 22.6 Å². The zero-order chi connectivity index (χ0) is 16.9. The molecule has 1 aromatic carbocycles. The molecule has 2 fully saturated rings. The van der Waals surface area contributed by atoms with Crippen LogP contribution in [0.15, 0.2) is 24.3 Å². The molecule has 2 unspecified atom stereocenters. The van der Waals surface area contributed by atoms with Crippen LogP contribution in [0.4, 0.5) is 4.79 Å². The number of benzene rings is 1. The third-order valence-electron chi connectivity index (χ3n) is 4.28. The van der Waals surface area contributed by atoms with Crippen molar-refractivity contribution < 1.29 is 14.3 Å². The quantitative estimate of drug-likeness (QED) is 0.720. The molecule has 2 heterocycles. The number of carbonyl (C=O) groups is 2. The minimum atomic E-state index is -0.490. The van der Waals surface area contributed by atoms with E-state index in [0.717, 1.165) is 31.8 Å². The van der Waals surface area contributed by atoms with Crippen LogP contribution in [0, 0.1) is 0 Å². The van der Waals surface area contributed by atoms with E-state index in [1.165, 1.54) is 5.56 Å². The molecular weight excluding hydrogens is 308 g/mol. The molecular formula is C17H24N4O3. The fourth-order valence-corrected chi connectivity index (χ4v) is 3.06. The van der Waals surface area contributed by atoms with Crippen LogP contribution in [0.3, 0.4) is 0 Å². The minimum absolute atomic E-state index is 0.166. The molecule has 3 N–H and O–H groups in total. The molecule has 0 bridgehead atoms. The summed E-state index contributed by atoms with van der Waals surface area (Å²) in [5, 5.41) is 8.03. The molecule has 2 aliphatic heterocycles. The maximum Gasteiger partial charge on any atom is 0.315 e. The number of amides is 3. The summed E-state index contributed by atoms with van der Waals surface area (Å²) in [5.41, 5.74) is 2.28. The van der Waals surface area contributed by atoms with Crippen LogP contribution < -0.4 is 16.0 Å². The van der Waals surface area contributed by atoms with Gasteiger partial charge in [-0.05, 0) is 18.1 Å². The van der Waals surface area contributed by atoms with Crippen LogP contribution in [0.1, 0.15) is 18.1 Å². The van der Waals surface area contributed by atoms with Gasteiger partial charge >= 0.3 is 6.03 Å². The maximum absolute atomic E-state index is 12.0. The van der Waals surface area contributed by atoms with Gasteiger partial charge in [0.15, 0.2) is 0 Å². The van der Waals surface area contributed by atoms with Crippen LogP contribution in [-0.4, -0.2) is 55.2 Å². The predicted octanol–water partition coefficient (Wildman–Crippen LogP) is 0.205. The molecule has 7 nitrogen and oxygen atoms in total. The molecule has 0 aromatic heterocycles. The number of nitrogens with one attached hydrogen (secondary N) is 3. The molecule has 0 aliphatic carbocycles. The molecule has 2 atom stereocenters. The number of carbonyl (C=O) groups excluding carboxylic acids is 2. The number of nitrogens with zero attached hydrogens (tertiary/aromatic N) is 1. The Morgan fingerprint density at radius 3 is 3.00 bits per heavy atom. The maximum atomic E-state index is 12.0. The molecule has 2 aliphatic rings.